The highest BCUT2D eigenvalue weighted by atomic mass is 35.5. The molecule has 1 atom stereocenters. The molecule has 19 heavy (non-hydrogen) atoms. The lowest BCUT2D eigenvalue weighted by atomic mass is 10.1. The van der Waals surface area contributed by atoms with Crippen LogP contribution in [-0.2, 0) is 4.79 Å². The maximum atomic E-state index is 12.0. The number of carbonyl (C=O) groups is 2. The van der Waals surface area contributed by atoms with Gasteiger partial charge in [0.25, 0.3) is 0 Å². The zero-order chi connectivity index (χ0) is 13.8. The molecule has 1 unspecified atom stereocenters. The van der Waals surface area contributed by atoms with E-state index in [1.807, 2.05) is 6.92 Å². The number of urea groups is 1. The second-order valence-electron chi connectivity index (χ2n) is 4.34. The summed E-state index contributed by atoms with van der Waals surface area (Å²) in [6, 6.07) is -0.831. The molecule has 0 saturated carbocycles. The summed E-state index contributed by atoms with van der Waals surface area (Å²) in [4.78, 5) is 25.6. The van der Waals surface area contributed by atoms with Crippen LogP contribution in [0.5, 0.6) is 0 Å². The van der Waals surface area contributed by atoms with Gasteiger partial charge in [0.15, 0.2) is 0 Å². The molecule has 3 amide bonds. The van der Waals surface area contributed by atoms with Crippen LogP contribution in [0.3, 0.4) is 0 Å². The fourth-order valence-corrected chi connectivity index (χ4v) is 3.03. The SMILES string of the molecule is CCN1CCCC(NC(=O)Nc2cscc2Cl)C1=O. The summed E-state index contributed by atoms with van der Waals surface area (Å²) in [5.41, 5.74) is 0.569. The lowest BCUT2D eigenvalue weighted by Gasteiger charge is -2.31. The van der Waals surface area contributed by atoms with Gasteiger partial charge in [-0.2, -0.15) is 0 Å². The van der Waals surface area contributed by atoms with Crippen LogP contribution < -0.4 is 10.6 Å². The van der Waals surface area contributed by atoms with Crippen molar-refractivity contribution >= 4 is 40.6 Å². The standard InChI is InChI=1S/C12H16ClN3O2S/c1-2-16-5-3-4-9(11(16)17)14-12(18)15-10-7-19-6-8(10)13/h6-7,9H,2-5H2,1H3,(H2,14,15,18). The van der Waals surface area contributed by atoms with E-state index in [2.05, 4.69) is 10.6 Å². The molecule has 1 aliphatic heterocycles. The van der Waals surface area contributed by atoms with Crippen molar-refractivity contribution in [2.24, 2.45) is 0 Å². The fourth-order valence-electron chi connectivity index (χ4n) is 2.08. The van der Waals surface area contributed by atoms with Crippen LogP contribution in [0.15, 0.2) is 10.8 Å². The summed E-state index contributed by atoms with van der Waals surface area (Å²) in [5.74, 6) is -0.0136. The van der Waals surface area contributed by atoms with E-state index in [1.54, 1.807) is 15.7 Å². The third-order valence-corrected chi connectivity index (χ3v) is 4.27. The first-order valence-corrected chi connectivity index (χ1v) is 7.52. The minimum Gasteiger partial charge on any atom is -0.341 e. The van der Waals surface area contributed by atoms with Gasteiger partial charge in [-0.05, 0) is 19.8 Å². The van der Waals surface area contributed by atoms with E-state index in [-0.39, 0.29) is 5.91 Å². The van der Waals surface area contributed by atoms with Gasteiger partial charge in [0.2, 0.25) is 5.91 Å². The van der Waals surface area contributed by atoms with Crippen molar-refractivity contribution < 1.29 is 9.59 Å². The van der Waals surface area contributed by atoms with Gasteiger partial charge in [0.05, 0.1) is 10.7 Å². The summed E-state index contributed by atoms with van der Waals surface area (Å²) in [5, 5.41) is 9.35. The maximum absolute atomic E-state index is 12.0. The van der Waals surface area contributed by atoms with Crippen molar-refractivity contribution in [2.75, 3.05) is 18.4 Å². The highest BCUT2D eigenvalue weighted by Gasteiger charge is 2.28. The van der Waals surface area contributed by atoms with E-state index < -0.39 is 12.1 Å². The first-order valence-electron chi connectivity index (χ1n) is 6.19. The Bertz CT molecular complexity index is 477. The predicted octanol–water partition coefficient (Wildman–Crippen LogP) is 2.53. The largest absolute Gasteiger partial charge is 0.341 e. The lowest BCUT2D eigenvalue weighted by molar-refractivity contribution is -0.135. The molecule has 0 aliphatic carbocycles. The molecule has 1 aromatic heterocycles. The predicted molar refractivity (Wildman–Crippen MR) is 76.8 cm³/mol. The summed E-state index contributed by atoms with van der Waals surface area (Å²) >= 11 is 7.30. The third kappa shape index (κ3) is 3.39. The number of likely N-dealkylation sites (tertiary alicyclic amines) is 1. The summed E-state index contributed by atoms with van der Waals surface area (Å²) in [6.45, 7) is 3.38. The Morgan fingerprint density at radius 3 is 3.00 bits per heavy atom. The minimum atomic E-state index is -0.439. The molecular weight excluding hydrogens is 286 g/mol. The second kappa shape index (κ2) is 6.25. The molecule has 0 spiro atoms. The molecule has 5 nitrogen and oxygen atoms in total. The van der Waals surface area contributed by atoms with Crippen LogP contribution in [0.2, 0.25) is 5.02 Å². The van der Waals surface area contributed by atoms with E-state index in [9.17, 15) is 9.59 Å². The van der Waals surface area contributed by atoms with Gasteiger partial charge >= 0.3 is 6.03 Å². The van der Waals surface area contributed by atoms with Crippen molar-refractivity contribution in [3.8, 4) is 0 Å². The molecule has 0 bridgehead atoms. The van der Waals surface area contributed by atoms with E-state index in [0.717, 1.165) is 13.0 Å². The molecule has 1 fully saturated rings. The number of nitrogens with zero attached hydrogens (tertiary/aromatic N) is 1. The highest BCUT2D eigenvalue weighted by molar-refractivity contribution is 7.09. The number of hydrogen-bond acceptors (Lipinski definition) is 3. The molecular formula is C12H16ClN3O2S. The topological polar surface area (TPSA) is 61.4 Å². The molecule has 7 heteroatoms. The van der Waals surface area contributed by atoms with Gasteiger partial charge in [-0.15, -0.1) is 11.3 Å². The van der Waals surface area contributed by atoms with Crippen LogP contribution in [0.25, 0.3) is 0 Å². The Morgan fingerprint density at radius 1 is 1.58 bits per heavy atom. The maximum Gasteiger partial charge on any atom is 0.319 e. The average Bonchev–Trinajstić information content (AvgIpc) is 2.78. The van der Waals surface area contributed by atoms with E-state index in [4.69, 9.17) is 11.6 Å². The Kier molecular flexibility index (Phi) is 4.66. The molecule has 1 saturated heterocycles. The number of halogens is 1. The Labute approximate surface area is 120 Å². The molecule has 2 heterocycles. The summed E-state index contributed by atoms with van der Waals surface area (Å²) in [6.07, 6.45) is 1.59. The molecule has 0 radical (unpaired) electrons. The number of hydrogen-bond donors (Lipinski definition) is 2. The molecule has 2 rings (SSSR count). The van der Waals surface area contributed by atoms with Gasteiger partial charge in [-0.1, -0.05) is 11.6 Å². The number of piperidine rings is 1. The lowest BCUT2D eigenvalue weighted by Crippen LogP contribution is -2.52. The minimum absolute atomic E-state index is 0.0136. The molecule has 104 valence electrons. The van der Waals surface area contributed by atoms with Crippen LogP contribution in [0.4, 0.5) is 10.5 Å². The summed E-state index contributed by atoms with van der Waals surface area (Å²) in [7, 11) is 0. The van der Waals surface area contributed by atoms with Crippen molar-refractivity contribution in [1.82, 2.24) is 10.2 Å². The number of thiophene rings is 1. The molecule has 2 N–H and O–H groups in total. The average molecular weight is 302 g/mol. The number of nitrogens with one attached hydrogen (secondary N) is 2. The zero-order valence-electron chi connectivity index (χ0n) is 10.6. The fraction of sp³-hybridized carbons (Fsp3) is 0.500. The first kappa shape index (κ1) is 14.1. The second-order valence-corrected chi connectivity index (χ2v) is 5.50. The van der Waals surface area contributed by atoms with Crippen molar-refractivity contribution in [2.45, 2.75) is 25.8 Å². The van der Waals surface area contributed by atoms with Gasteiger partial charge in [0, 0.05) is 23.8 Å². The number of amides is 3. The number of carbonyl (C=O) groups excluding carboxylic acids is 2. The molecule has 1 aromatic rings. The zero-order valence-corrected chi connectivity index (χ0v) is 12.2. The van der Waals surface area contributed by atoms with Crippen molar-refractivity contribution in [3.63, 3.8) is 0 Å². The third-order valence-electron chi connectivity index (χ3n) is 3.08. The summed E-state index contributed by atoms with van der Waals surface area (Å²) < 4.78 is 0. The number of rotatable bonds is 3. The number of anilines is 1. The monoisotopic (exact) mass is 301 g/mol. The van der Waals surface area contributed by atoms with Crippen LogP contribution in [-0.4, -0.2) is 36.0 Å². The Hall–Kier alpha value is -1.27. The first-order chi connectivity index (χ1) is 9.11. The molecule has 0 aromatic carbocycles. The van der Waals surface area contributed by atoms with Crippen molar-refractivity contribution in [1.29, 1.82) is 0 Å². The quantitative estimate of drug-likeness (QED) is 0.901. The van der Waals surface area contributed by atoms with Crippen molar-refractivity contribution in [3.05, 3.63) is 15.8 Å². The Balaban J connectivity index is 1.91. The van der Waals surface area contributed by atoms with E-state index in [0.29, 0.717) is 23.7 Å². The molecule has 1 aliphatic rings. The van der Waals surface area contributed by atoms with Crippen LogP contribution >= 0.6 is 22.9 Å². The van der Waals surface area contributed by atoms with Gasteiger partial charge in [-0.3, -0.25) is 4.79 Å². The van der Waals surface area contributed by atoms with E-state index in [1.165, 1.54) is 11.3 Å². The Morgan fingerprint density at radius 2 is 2.37 bits per heavy atom. The number of likely N-dealkylation sites (N-methyl/N-ethyl adjacent to an activating group) is 1. The van der Waals surface area contributed by atoms with Gasteiger partial charge in [0.1, 0.15) is 6.04 Å². The van der Waals surface area contributed by atoms with Crippen LogP contribution in [0, 0.1) is 0 Å². The highest BCUT2D eigenvalue weighted by Crippen LogP contribution is 2.25. The normalized spacial score (nSPS) is 19.4. The van der Waals surface area contributed by atoms with Crippen LogP contribution in [0.1, 0.15) is 19.8 Å². The van der Waals surface area contributed by atoms with Gasteiger partial charge in [-0.25, -0.2) is 4.79 Å². The van der Waals surface area contributed by atoms with Gasteiger partial charge < -0.3 is 15.5 Å². The van der Waals surface area contributed by atoms with E-state index >= 15 is 0 Å². The smallest absolute Gasteiger partial charge is 0.319 e.